The first-order valence-electron chi connectivity index (χ1n) is 10.9. The minimum absolute atomic E-state index is 0.577. The molecule has 1 N–H and O–H groups in total. The lowest BCUT2D eigenvalue weighted by atomic mass is 10.1. The summed E-state index contributed by atoms with van der Waals surface area (Å²) in [4.78, 5) is 2.47. The van der Waals surface area contributed by atoms with Gasteiger partial charge in [0.15, 0.2) is 23.0 Å². The fourth-order valence-corrected chi connectivity index (χ4v) is 3.70. The van der Waals surface area contributed by atoms with Gasteiger partial charge in [-0.3, -0.25) is 0 Å². The summed E-state index contributed by atoms with van der Waals surface area (Å²) in [6, 6.07) is 9.75. The van der Waals surface area contributed by atoms with Crippen molar-refractivity contribution in [3.05, 3.63) is 41.5 Å². The fourth-order valence-electron chi connectivity index (χ4n) is 3.70. The van der Waals surface area contributed by atoms with E-state index in [1.165, 1.54) is 0 Å². The number of benzene rings is 2. The van der Waals surface area contributed by atoms with Gasteiger partial charge in [0.2, 0.25) is 5.75 Å². The van der Waals surface area contributed by atoms with Crippen molar-refractivity contribution in [3.8, 4) is 28.7 Å². The Bertz CT molecular complexity index is 869. The first kappa shape index (κ1) is 23.8. The van der Waals surface area contributed by atoms with Gasteiger partial charge in [-0.25, -0.2) is 0 Å². The first-order valence-corrected chi connectivity index (χ1v) is 10.9. The minimum atomic E-state index is 0.577. The maximum atomic E-state index is 6.06. The van der Waals surface area contributed by atoms with E-state index in [0.29, 0.717) is 23.9 Å². The Kier molecular flexibility index (Phi) is 9.07. The Morgan fingerprint density at radius 1 is 0.781 bits per heavy atom. The molecule has 3 rings (SSSR count). The van der Waals surface area contributed by atoms with Gasteiger partial charge < -0.3 is 33.9 Å². The Morgan fingerprint density at radius 2 is 1.41 bits per heavy atom. The molecule has 0 bridgehead atoms. The van der Waals surface area contributed by atoms with E-state index in [1.807, 2.05) is 42.5 Å². The van der Waals surface area contributed by atoms with Crippen LogP contribution >= 0.6 is 0 Å². The summed E-state index contributed by atoms with van der Waals surface area (Å²) in [5, 5.41) is 3.38. The SMILES string of the molecule is COc1ccc(/C=C\c2cc(OC)c(OC)c(OC)c2)cc1OCCCN1CCNCC1. The highest BCUT2D eigenvalue weighted by molar-refractivity contribution is 5.73. The van der Waals surface area contributed by atoms with Crippen LogP contribution in [0.2, 0.25) is 0 Å². The van der Waals surface area contributed by atoms with Gasteiger partial charge in [0.05, 0.1) is 35.0 Å². The third kappa shape index (κ3) is 6.31. The highest BCUT2D eigenvalue weighted by Crippen LogP contribution is 2.38. The van der Waals surface area contributed by atoms with E-state index in [4.69, 9.17) is 23.7 Å². The summed E-state index contributed by atoms with van der Waals surface area (Å²) in [5.41, 5.74) is 1.95. The Labute approximate surface area is 190 Å². The summed E-state index contributed by atoms with van der Waals surface area (Å²) in [6.45, 7) is 6.03. The van der Waals surface area contributed by atoms with Crippen molar-refractivity contribution in [2.24, 2.45) is 0 Å². The number of piperazine rings is 1. The monoisotopic (exact) mass is 442 g/mol. The number of hydrogen-bond donors (Lipinski definition) is 1. The Morgan fingerprint density at radius 3 is 2.03 bits per heavy atom. The predicted molar refractivity (Wildman–Crippen MR) is 127 cm³/mol. The van der Waals surface area contributed by atoms with Gasteiger partial charge in [-0.05, 0) is 41.8 Å². The molecule has 174 valence electrons. The average molecular weight is 443 g/mol. The van der Waals surface area contributed by atoms with Crippen LogP contribution in [-0.2, 0) is 0 Å². The van der Waals surface area contributed by atoms with Crippen molar-refractivity contribution in [1.82, 2.24) is 10.2 Å². The highest BCUT2D eigenvalue weighted by atomic mass is 16.5. The number of ether oxygens (including phenoxy) is 5. The van der Waals surface area contributed by atoms with Crippen molar-refractivity contribution >= 4 is 12.2 Å². The molecule has 0 amide bonds. The maximum Gasteiger partial charge on any atom is 0.203 e. The van der Waals surface area contributed by atoms with E-state index in [1.54, 1.807) is 28.4 Å². The fraction of sp³-hybridized carbons (Fsp3) is 0.440. The quantitative estimate of drug-likeness (QED) is 0.422. The highest BCUT2D eigenvalue weighted by Gasteiger charge is 2.12. The Hall–Kier alpha value is -2.90. The molecule has 1 saturated heterocycles. The maximum absolute atomic E-state index is 6.06. The van der Waals surface area contributed by atoms with Crippen LogP contribution in [-0.4, -0.2) is 72.7 Å². The summed E-state index contributed by atoms with van der Waals surface area (Å²) in [5.74, 6) is 3.30. The number of methoxy groups -OCH3 is 4. The number of nitrogens with one attached hydrogen (secondary N) is 1. The normalized spacial score (nSPS) is 14.4. The molecule has 2 aromatic rings. The topological polar surface area (TPSA) is 61.4 Å². The van der Waals surface area contributed by atoms with Gasteiger partial charge in [-0.2, -0.15) is 0 Å². The van der Waals surface area contributed by atoms with E-state index >= 15 is 0 Å². The zero-order chi connectivity index (χ0) is 22.8. The van der Waals surface area contributed by atoms with Crippen LogP contribution in [0.3, 0.4) is 0 Å². The molecule has 7 heteroatoms. The molecule has 0 atom stereocenters. The van der Waals surface area contributed by atoms with Crippen LogP contribution in [0.4, 0.5) is 0 Å². The van der Waals surface area contributed by atoms with Gasteiger partial charge in [-0.15, -0.1) is 0 Å². The van der Waals surface area contributed by atoms with Gasteiger partial charge >= 0.3 is 0 Å². The molecule has 0 unspecified atom stereocenters. The molecule has 0 spiro atoms. The molecule has 32 heavy (non-hydrogen) atoms. The molecule has 1 aliphatic rings. The van der Waals surface area contributed by atoms with Gasteiger partial charge in [0.1, 0.15) is 0 Å². The summed E-state index contributed by atoms with van der Waals surface area (Å²) >= 11 is 0. The molecule has 1 heterocycles. The average Bonchev–Trinajstić information content (AvgIpc) is 2.85. The molecular formula is C25H34N2O5. The second-order valence-corrected chi connectivity index (χ2v) is 7.50. The van der Waals surface area contributed by atoms with E-state index in [2.05, 4.69) is 10.2 Å². The summed E-state index contributed by atoms with van der Waals surface area (Å²) in [7, 11) is 6.48. The van der Waals surface area contributed by atoms with Gasteiger partial charge in [0.25, 0.3) is 0 Å². The zero-order valence-corrected chi connectivity index (χ0v) is 19.5. The molecule has 1 aliphatic heterocycles. The van der Waals surface area contributed by atoms with E-state index in [0.717, 1.165) is 61.8 Å². The van der Waals surface area contributed by atoms with Crippen LogP contribution in [0.1, 0.15) is 17.5 Å². The van der Waals surface area contributed by atoms with Gasteiger partial charge in [0, 0.05) is 32.7 Å². The van der Waals surface area contributed by atoms with Crippen molar-refractivity contribution in [3.63, 3.8) is 0 Å². The van der Waals surface area contributed by atoms with E-state index in [9.17, 15) is 0 Å². The molecule has 0 aliphatic carbocycles. The molecule has 0 aromatic heterocycles. The number of hydrogen-bond acceptors (Lipinski definition) is 7. The lowest BCUT2D eigenvalue weighted by Gasteiger charge is -2.27. The molecule has 0 saturated carbocycles. The van der Waals surface area contributed by atoms with Crippen molar-refractivity contribution in [2.45, 2.75) is 6.42 Å². The summed E-state index contributed by atoms with van der Waals surface area (Å²) in [6.07, 6.45) is 5.00. The van der Waals surface area contributed by atoms with Crippen LogP contribution in [0, 0.1) is 0 Å². The van der Waals surface area contributed by atoms with E-state index in [-0.39, 0.29) is 0 Å². The van der Waals surface area contributed by atoms with Crippen LogP contribution in [0.15, 0.2) is 30.3 Å². The van der Waals surface area contributed by atoms with Crippen molar-refractivity contribution in [2.75, 3.05) is 67.8 Å². The zero-order valence-electron chi connectivity index (χ0n) is 19.5. The smallest absolute Gasteiger partial charge is 0.203 e. The number of rotatable bonds is 11. The third-order valence-electron chi connectivity index (χ3n) is 5.43. The van der Waals surface area contributed by atoms with E-state index < -0.39 is 0 Å². The second kappa shape index (κ2) is 12.2. The van der Waals surface area contributed by atoms with Crippen molar-refractivity contribution < 1.29 is 23.7 Å². The lowest BCUT2D eigenvalue weighted by molar-refractivity contribution is 0.211. The Balaban J connectivity index is 1.67. The lowest BCUT2D eigenvalue weighted by Crippen LogP contribution is -2.43. The standard InChI is InChI=1S/C25H34N2O5/c1-28-21-9-8-19(16-22(21)32-15-5-12-27-13-10-26-11-14-27)6-7-20-17-23(29-2)25(31-4)24(18-20)30-3/h6-9,16-18,26H,5,10-15H2,1-4H3/b7-6-. The summed E-state index contributed by atoms with van der Waals surface area (Å²) < 4.78 is 27.8. The second-order valence-electron chi connectivity index (χ2n) is 7.50. The van der Waals surface area contributed by atoms with Crippen LogP contribution in [0.5, 0.6) is 28.7 Å². The van der Waals surface area contributed by atoms with Crippen LogP contribution in [0.25, 0.3) is 12.2 Å². The largest absolute Gasteiger partial charge is 0.493 e. The molecule has 2 aromatic carbocycles. The first-order chi connectivity index (χ1) is 15.7. The number of nitrogens with zero attached hydrogens (tertiary/aromatic N) is 1. The predicted octanol–water partition coefficient (Wildman–Crippen LogP) is 3.57. The van der Waals surface area contributed by atoms with Crippen LogP contribution < -0.4 is 29.0 Å². The molecule has 7 nitrogen and oxygen atoms in total. The van der Waals surface area contributed by atoms with Crippen molar-refractivity contribution in [1.29, 1.82) is 0 Å². The molecule has 0 radical (unpaired) electrons. The minimum Gasteiger partial charge on any atom is -0.493 e. The molecular weight excluding hydrogens is 408 g/mol. The van der Waals surface area contributed by atoms with Gasteiger partial charge in [-0.1, -0.05) is 18.2 Å². The molecule has 1 fully saturated rings. The third-order valence-corrected chi connectivity index (χ3v) is 5.43.